The standard InChI is InChI=1S/C18H22FN3O6/c19-10-15(23)13(9-16(24)25)21-17(26)14-6-2-4-8-22(14)18(27)28-11-12-5-1-3-7-20-12/h1,3,5,7,13-14H,2,4,6,8-11H2,(H,21,26)(H,24,25). The number of alkyl halides is 1. The topological polar surface area (TPSA) is 126 Å². The summed E-state index contributed by atoms with van der Waals surface area (Å²) in [5.41, 5.74) is 0.545. The van der Waals surface area contributed by atoms with Gasteiger partial charge in [0.05, 0.1) is 12.1 Å². The van der Waals surface area contributed by atoms with Crippen molar-refractivity contribution >= 4 is 23.8 Å². The lowest BCUT2D eigenvalue weighted by Crippen LogP contribution is -2.55. The Morgan fingerprint density at radius 1 is 1.32 bits per heavy atom. The molecule has 10 heteroatoms. The number of aromatic nitrogens is 1. The van der Waals surface area contributed by atoms with Crippen molar-refractivity contribution in [3.05, 3.63) is 30.1 Å². The third-order valence-corrected chi connectivity index (χ3v) is 4.33. The van der Waals surface area contributed by atoms with Gasteiger partial charge in [0.1, 0.15) is 25.4 Å². The molecule has 1 aromatic heterocycles. The third kappa shape index (κ3) is 6.00. The van der Waals surface area contributed by atoms with Crippen molar-refractivity contribution in [2.45, 2.75) is 44.4 Å². The highest BCUT2D eigenvalue weighted by molar-refractivity contribution is 5.94. The number of amides is 2. The number of Topliss-reactive ketones (excluding diaryl/α,β-unsaturated/α-hetero) is 1. The number of aliphatic carboxylic acids is 1. The van der Waals surface area contributed by atoms with Crippen LogP contribution in [-0.4, -0.2) is 64.0 Å². The van der Waals surface area contributed by atoms with Crippen LogP contribution >= 0.6 is 0 Å². The molecule has 9 nitrogen and oxygen atoms in total. The number of carboxylic acid groups (broad SMARTS) is 1. The molecule has 0 saturated carbocycles. The maximum absolute atomic E-state index is 12.7. The minimum absolute atomic E-state index is 0.0630. The number of nitrogens with zero attached hydrogens (tertiary/aromatic N) is 2. The van der Waals surface area contributed by atoms with Gasteiger partial charge in [-0.05, 0) is 31.4 Å². The van der Waals surface area contributed by atoms with Gasteiger partial charge in [-0.15, -0.1) is 0 Å². The van der Waals surface area contributed by atoms with Gasteiger partial charge in [-0.1, -0.05) is 6.07 Å². The van der Waals surface area contributed by atoms with Crippen LogP contribution in [0.15, 0.2) is 24.4 Å². The molecule has 0 aromatic carbocycles. The molecular weight excluding hydrogens is 373 g/mol. The zero-order valence-corrected chi connectivity index (χ0v) is 15.2. The SMILES string of the molecule is O=C(O)CC(NC(=O)C1CCCCN1C(=O)OCc1ccccn1)C(=O)CF. The maximum Gasteiger partial charge on any atom is 0.410 e. The van der Waals surface area contributed by atoms with Gasteiger partial charge in [0.15, 0.2) is 5.78 Å². The number of carboxylic acids is 1. The van der Waals surface area contributed by atoms with Crippen molar-refractivity contribution in [3.8, 4) is 0 Å². The lowest BCUT2D eigenvalue weighted by Gasteiger charge is -2.34. The zero-order valence-electron chi connectivity index (χ0n) is 15.2. The van der Waals surface area contributed by atoms with E-state index in [4.69, 9.17) is 9.84 Å². The van der Waals surface area contributed by atoms with Crippen LogP contribution in [0.2, 0.25) is 0 Å². The number of halogens is 1. The number of carbonyl (C=O) groups excluding carboxylic acids is 3. The van der Waals surface area contributed by atoms with E-state index in [1.165, 1.54) is 4.90 Å². The summed E-state index contributed by atoms with van der Waals surface area (Å²) in [6.45, 7) is -1.18. The minimum atomic E-state index is -1.48. The molecule has 0 aliphatic carbocycles. The number of carbonyl (C=O) groups is 4. The predicted octanol–water partition coefficient (Wildman–Crippen LogP) is 1.07. The summed E-state index contributed by atoms with van der Waals surface area (Å²) in [7, 11) is 0. The lowest BCUT2D eigenvalue weighted by molar-refractivity contribution is -0.140. The number of nitrogens with one attached hydrogen (secondary N) is 1. The van der Waals surface area contributed by atoms with Crippen LogP contribution in [0.4, 0.5) is 9.18 Å². The number of pyridine rings is 1. The van der Waals surface area contributed by atoms with Crippen LogP contribution in [0.25, 0.3) is 0 Å². The highest BCUT2D eigenvalue weighted by Gasteiger charge is 2.35. The van der Waals surface area contributed by atoms with Crippen LogP contribution in [0.5, 0.6) is 0 Å². The highest BCUT2D eigenvalue weighted by Crippen LogP contribution is 2.19. The molecule has 1 saturated heterocycles. The Hall–Kier alpha value is -3.04. The van der Waals surface area contributed by atoms with Crippen molar-refractivity contribution in [3.63, 3.8) is 0 Å². The van der Waals surface area contributed by atoms with Gasteiger partial charge in [0.25, 0.3) is 0 Å². The monoisotopic (exact) mass is 395 g/mol. The highest BCUT2D eigenvalue weighted by atomic mass is 19.1. The molecule has 0 bridgehead atoms. The second kappa shape index (κ2) is 10.3. The summed E-state index contributed by atoms with van der Waals surface area (Å²) in [5, 5.41) is 11.1. The van der Waals surface area contributed by atoms with Crippen LogP contribution in [0.1, 0.15) is 31.4 Å². The number of hydrogen-bond donors (Lipinski definition) is 2. The van der Waals surface area contributed by atoms with E-state index in [-0.39, 0.29) is 13.2 Å². The molecule has 2 atom stereocenters. The molecule has 0 radical (unpaired) electrons. The molecule has 1 aromatic rings. The van der Waals surface area contributed by atoms with E-state index < -0.39 is 48.9 Å². The van der Waals surface area contributed by atoms with Crippen LogP contribution in [0, 0.1) is 0 Å². The number of ether oxygens (including phenoxy) is 1. The Labute approximate surface area is 160 Å². The van der Waals surface area contributed by atoms with Crippen molar-refractivity contribution in [2.75, 3.05) is 13.2 Å². The predicted molar refractivity (Wildman–Crippen MR) is 93.9 cm³/mol. The molecule has 1 aliphatic heterocycles. The molecule has 2 heterocycles. The van der Waals surface area contributed by atoms with E-state index >= 15 is 0 Å². The molecule has 2 amide bonds. The van der Waals surface area contributed by atoms with Crippen LogP contribution in [0.3, 0.4) is 0 Å². The summed E-state index contributed by atoms with van der Waals surface area (Å²) in [6.07, 6.45) is 1.79. The molecule has 2 rings (SSSR count). The average Bonchev–Trinajstić information content (AvgIpc) is 2.71. The van der Waals surface area contributed by atoms with Gasteiger partial charge >= 0.3 is 12.1 Å². The Morgan fingerprint density at radius 2 is 2.11 bits per heavy atom. The fourth-order valence-corrected chi connectivity index (χ4v) is 2.91. The molecule has 1 aliphatic rings. The fraction of sp³-hybridized carbons (Fsp3) is 0.500. The van der Waals surface area contributed by atoms with Crippen molar-refractivity contribution < 1.29 is 33.4 Å². The molecule has 1 fully saturated rings. The zero-order chi connectivity index (χ0) is 20.5. The summed E-state index contributed by atoms with van der Waals surface area (Å²) in [5.74, 6) is -3.08. The third-order valence-electron chi connectivity index (χ3n) is 4.33. The summed E-state index contributed by atoms with van der Waals surface area (Å²) >= 11 is 0. The number of ketones is 1. The maximum atomic E-state index is 12.7. The fourth-order valence-electron chi connectivity index (χ4n) is 2.91. The lowest BCUT2D eigenvalue weighted by atomic mass is 10.0. The average molecular weight is 395 g/mol. The second-order valence-corrected chi connectivity index (χ2v) is 6.34. The molecular formula is C18H22FN3O6. The Balaban J connectivity index is 2.01. The first-order chi connectivity index (χ1) is 13.4. The summed E-state index contributed by atoms with van der Waals surface area (Å²) in [4.78, 5) is 52.7. The minimum Gasteiger partial charge on any atom is -0.481 e. The quantitative estimate of drug-likeness (QED) is 0.674. The normalized spacial score (nSPS) is 17.5. The van der Waals surface area contributed by atoms with E-state index in [2.05, 4.69) is 10.3 Å². The van der Waals surface area contributed by atoms with Gasteiger partial charge < -0.3 is 15.2 Å². The first-order valence-corrected chi connectivity index (χ1v) is 8.86. The van der Waals surface area contributed by atoms with Crippen molar-refractivity contribution in [1.82, 2.24) is 15.2 Å². The smallest absolute Gasteiger partial charge is 0.410 e. The Morgan fingerprint density at radius 3 is 2.75 bits per heavy atom. The van der Waals surface area contributed by atoms with E-state index in [1.54, 1.807) is 24.4 Å². The first kappa shape index (κ1) is 21.3. The first-order valence-electron chi connectivity index (χ1n) is 8.86. The number of likely N-dealkylation sites (tertiary alicyclic amines) is 1. The molecule has 2 unspecified atom stereocenters. The van der Waals surface area contributed by atoms with Gasteiger partial charge in [-0.3, -0.25) is 24.3 Å². The molecule has 152 valence electrons. The number of hydrogen-bond acceptors (Lipinski definition) is 6. The van der Waals surface area contributed by atoms with Gasteiger partial charge in [-0.2, -0.15) is 0 Å². The van der Waals surface area contributed by atoms with E-state index in [0.717, 1.165) is 0 Å². The van der Waals surface area contributed by atoms with Crippen LogP contribution in [-0.2, 0) is 25.7 Å². The largest absolute Gasteiger partial charge is 0.481 e. The van der Waals surface area contributed by atoms with E-state index in [0.29, 0.717) is 25.0 Å². The van der Waals surface area contributed by atoms with E-state index in [1.807, 2.05) is 0 Å². The van der Waals surface area contributed by atoms with Gasteiger partial charge in [-0.25, -0.2) is 9.18 Å². The van der Waals surface area contributed by atoms with Crippen molar-refractivity contribution in [1.29, 1.82) is 0 Å². The number of piperidine rings is 1. The van der Waals surface area contributed by atoms with Crippen molar-refractivity contribution in [2.24, 2.45) is 0 Å². The van der Waals surface area contributed by atoms with Gasteiger partial charge in [0.2, 0.25) is 5.91 Å². The van der Waals surface area contributed by atoms with Crippen LogP contribution < -0.4 is 5.32 Å². The Bertz CT molecular complexity index is 715. The summed E-state index contributed by atoms with van der Waals surface area (Å²) in [6, 6.07) is 2.75. The van der Waals surface area contributed by atoms with E-state index in [9.17, 15) is 23.6 Å². The molecule has 28 heavy (non-hydrogen) atoms. The Kier molecular flexibility index (Phi) is 7.85. The molecule has 2 N–H and O–H groups in total. The second-order valence-electron chi connectivity index (χ2n) is 6.34. The van der Waals surface area contributed by atoms with Gasteiger partial charge in [0, 0.05) is 12.7 Å². The summed E-state index contributed by atoms with van der Waals surface area (Å²) < 4.78 is 17.9. The molecule has 0 spiro atoms. The number of rotatable bonds is 8.